The van der Waals surface area contributed by atoms with Crippen LogP contribution < -0.4 is 4.74 Å². The number of benzene rings is 1. The van der Waals surface area contributed by atoms with E-state index in [2.05, 4.69) is 11.8 Å². The largest absolute Gasteiger partial charge is 0.496 e. The SMILES string of the molecule is CCN1CCOC(C(=O)Cc2cc(C)ccc2OC)C1. The Morgan fingerprint density at radius 1 is 1.50 bits per heavy atom. The molecule has 0 radical (unpaired) electrons. The topological polar surface area (TPSA) is 38.8 Å². The number of aryl methyl sites for hydroxylation is 1. The van der Waals surface area contributed by atoms with Crippen LogP contribution >= 0.6 is 0 Å². The van der Waals surface area contributed by atoms with E-state index < -0.39 is 0 Å². The van der Waals surface area contributed by atoms with Crippen LogP contribution in [-0.4, -0.2) is 50.1 Å². The van der Waals surface area contributed by atoms with E-state index in [4.69, 9.17) is 9.47 Å². The Labute approximate surface area is 120 Å². The fraction of sp³-hybridized carbons (Fsp3) is 0.562. The van der Waals surface area contributed by atoms with Crippen LogP contribution in [0.2, 0.25) is 0 Å². The van der Waals surface area contributed by atoms with E-state index in [1.165, 1.54) is 0 Å². The second-order valence-electron chi connectivity index (χ2n) is 5.21. The smallest absolute Gasteiger partial charge is 0.167 e. The number of Topliss-reactive ketones (excluding diaryl/α,β-unsaturated/α-hetero) is 1. The lowest BCUT2D eigenvalue weighted by molar-refractivity contribution is -0.135. The number of rotatable bonds is 5. The second kappa shape index (κ2) is 6.86. The van der Waals surface area contributed by atoms with Crippen molar-refractivity contribution in [2.24, 2.45) is 0 Å². The molecule has 1 heterocycles. The minimum Gasteiger partial charge on any atom is -0.496 e. The molecule has 0 bridgehead atoms. The molecule has 1 unspecified atom stereocenters. The van der Waals surface area contributed by atoms with E-state index in [1.807, 2.05) is 25.1 Å². The summed E-state index contributed by atoms with van der Waals surface area (Å²) in [5.41, 5.74) is 2.07. The van der Waals surface area contributed by atoms with Crippen molar-refractivity contribution in [1.82, 2.24) is 4.90 Å². The number of morpholine rings is 1. The first-order chi connectivity index (χ1) is 9.63. The molecule has 0 aromatic heterocycles. The van der Waals surface area contributed by atoms with Crippen LogP contribution in [0.1, 0.15) is 18.1 Å². The van der Waals surface area contributed by atoms with Gasteiger partial charge in [0.15, 0.2) is 5.78 Å². The summed E-state index contributed by atoms with van der Waals surface area (Å²) in [5, 5.41) is 0. The molecule has 0 saturated carbocycles. The maximum absolute atomic E-state index is 12.4. The maximum Gasteiger partial charge on any atom is 0.167 e. The van der Waals surface area contributed by atoms with Crippen molar-refractivity contribution in [2.75, 3.05) is 33.4 Å². The summed E-state index contributed by atoms with van der Waals surface area (Å²) in [5.74, 6) is 0.902. The third-order valence-electron chi connectivity index (χ3n) is 3.76. The third-order valence-corrected chi connectivity index (χ3v) is 3.76. The van der Waals surface area contributed by atoms with E-state index in [9.17, 15) is 4.79 Å². The zero-order valence-electron chi connectivity index (χ0n) is 12.5. The quantitative estimate of drug-likeness (QED) is 0.823. The molecule has 1 aliphatic rings. The number of hydrogen-bond acceptors (Lipinski definition) is 4. The second-order valence-corrected chi connectivity index (χ2v) is 5.21. The Kier molecular flexibility index (Phi) is 5.15. The fourth-order valence-electron chi connectivity index (χ4n) is 2.53. The molecular formula is C16H23NO3. The Balaban J connectivity index is 2.05. The summed E-state index contributed by atoms with van der Waals surface area (Å²) >= 11 is 0. The lowest BCUT2D eigenvalue weighted by atomic mass is 10.0. The van der Waals surface area contributed by atoms with Crippen molar-refractivity contribution in [3.05, 3.63) is 29.3 Å². The first-order valence-corrected chi connectivity index (χ1v) is 7.14. The van der Waals surface area contributed by atoms with Gasteiger partial charge in [-0.05, 0) is 19.5 Å². The van der Waals surface area contributed by atoms with Gasteiger partial charge in [-0.3, -0.25) is 9.69 Å². The van der Waals surface area contributed by atoms with Gasteiger partial charge >= 0.3 is 0 Å². The van der Waals surface area contributed by atoms with Crippen LogP contribution in [0.4, 0.5) is 0 Å². The summed E-state index contributed by atoms with van der Waals surface area (Å²) < 4.78 is 10.9. The van der Waals surface area contributed by atoms with Gasteiger partial charge in [0.25, 0.3) is 0 Å². The summed E-state index contributed by atoms with van der Waals surface area (Å²) in [6, 6.07) is 5.91. The van der Waals surface area contributed by atoms with E-state index in [1.54, 1.807) is 7.11 Å². The summed E-state index contributed by atoms with van der Waals surface area (Å²) in [6.45, 7) is 7.33. The van der Waals surface area contributed by atoms with Gasteiger partial charge in [0.05, 0.1) is 13.7 Å². The minimum absolute atomic E-state index is 0.132. The fourth-order valence-corrected chi connectivity index (χ4v) is 2.53. The predicted molar refractivity (Wildman–Crippen MR) is 78.3 cm³/mol. The van der Waals surface area contributed by atoms with E-state index in [0.29, 0.717) is 19.6 Å². The average molecular weight is 277 g/mol. The van der Waals surface area contributed by atoms with E-state index >= 15 is 0 Å². The van der Waals surface area contributed by atoms with Crippen LogP contribution in [0.5, 0.6) is 5.75 Å². The van der Waals surface area contributed by atoms with Gasteiger partial charge in [0.1, 0.15) is 11.9 Å². The number of carbonyl (C=O) groups excluding carboxylic acids is 1. The highest BCUT2D eigenvalue weighted by Gasteiger charge is 2.26. The molecule has 0 N–H and O–H groups in total. The molecule has 2 rings (SSSR count). The molecule has 0 aliphatic carbocycles. The number of likely N-dealkylation sites (N-methyl/N-ethyl adjacent to an activating group) is 1. The normalized spacial score (nSPS) is 19.9. The van der Waals surface area contributed by atoms with Crippen molar-refractivity contribution in [1.29, 1.82) is 0 Å². The molecule has 1 fully saturated rings. The molecule has 0 amide bonds. The molecule has 4 heteroatoms. The molecule has 20 heavy (non-hydrogen) atoms. The Morgan fingerprint density at radius 2 is 2.30 bits per heavy atom. The lowest BCUT2D eigenvalue weighted by Gasteiger charge is -2.31. The molecule has 1 saturated heterocycles. The molecule has 0 spiro atoms. The van der Waals surface area contributed by atoms with Gasteiger partial charge < -0.3 is 9.47 Å². The highest BCUT2D eigenvalue weighted by molar-refractivity contribution is 5.86. The van der Waals surface area contributed by atoms with Gasteiger partial charge in [-0.25, -0.2) is 0 Å². The first kappa shape index (κ1) is 15.0. The third kappa shape index (κ3) is 3.58. The van der Waals surface area contributed by atoms with E-state index in [0.717, 1.165) is 30.0 Å². The first-order valence-electron chi connectivity index (χ1n) is 7.14. The monoisotopic (exact) mass is 277 g/mol. The molecule has 1 aliphatic heterocycles. The average Bonchev–Trinajstić information content (AvgIpc) is 2.47. The zero-order valence-corrected chi connectivity index (χ0v) is 12.5. The Bertz CT molecular complexity index is 473. The van der Waals surface area contributed by atoms with Crippen molar-refractivity contribution >= 4 is 5.78 Å². The predicted octanol–water partition coefficient (Wildman–Crippen LogP) is 1.84. The summed E-state index contributed by atoms with van der Waals surface area (Å²) in [4.78, 5) is 14.7. The number of ketones is 1. The highest BCUT2D eigenvalue weighted by Crippen LogP contribution is 2.21. The Hall–Kier alpha value is -1.39. The van der Waals surface area contributed by atoms with Crippen molar-refractivity contribution in [3.8, 4) is 5.75 Å². The van der Waals surface area contributed by atoms with Crippen LogP contribution in [0, 0.1) is 6.92 Å². The number of ether oxygens (including phenoxy) is 2. The molecule has 1 aromatic rings. The van der Waals surface area contributed by atoms with Crippen molar-refractivity contribution < 1.29 is 14.3 Å². The van der Waals surface area contributed by atoms with Gasteiger partial charge in [-0.15, -0.1) is 0 Å². The van der Waals surface area contributed by atoms with Crippen LogP contribution in [0.15, 0.2) is 18.2 Å². The number of nitrogens with zero attached hydrogens (tertiary/aromatic N) is 1. The van der Waals surface area contributed by atoms with E-state index in [-0.39, 0.29) is 11.9 Å². The van der Waals surface area contributed by atoms with Gasteiger partial charge in [-0.2, -0.15) is 0 Å². The minimum atomic E-state index is -0.311. The molecule has 110 valence electrons. The van der Waals surface area contributed by atoms with Gasteiger partial charge in [-0.1, -0.05) is 24.6 Å². The van der Waals surface area contributed by atoms with Crippen molar-refractivity contribution in [3.63, 3.8) is 0 Å². The van der Waals surface area contributed by atoms with Crippen LogP contribution in [-0.2, 0) is 16.0 Å². The molecular weight excluding hydrogens is 254 g/mol. The summed E-state index contributed by atoms with van der Waals surface area (Å²) in [7, 11) is 1.63. The molecule has 1 atom stereocenters. The number of carbonyl (C=O) groups is 1. The number of hydrogen-bond donors (Lipinski definition) is 0. The van der Waals surface area contributed by atoms with Crippen LogP contribution in [0.3, 0.4) is 0 Å². The molecule has 4 nitrogen and oxygen atoms in total. The van der Waals surface area contributed by atoms with Gasteiger partial charge in [0, 0.05) is 25.1 Å². The number of methoxy groups -OCH3 is 1. The highest BCUT2D eigenvalue weighted by atomic mass is 16.5. The Morgan fingerprint density at radius 3 is 3.00 bits per heavy atom. The standard InChI is InChI=1S/C16H23NO3/c1-4-17-7-8-20-16(11-17)14(18)10-13-9-12(2)5-6-15(13)19-3/h5-6,9,16H,4,7-8,10-11H2,1-3H3. The summed E-state index contributed by atoms with van der Waals surface area (Å²) in [6.07, 6.45) is 0.0569. The van der Waals surface area contributed by atoms with Crippen molar-refractivity contribution in [2.45, 2.75) is 26.4 Å². The zero-order chi connectivity index (χ0) is 14.5. The maximum atomic E-state index is 12.4. The molecule has 1 aromatic carbocycles. The van der Waals surface area contributed by atoms with Gasteiger partial charge in [0.2, 0.25) is 0 Å². The lowest BCUT2D eigenvalue weighted by Crippen LogP contribution is -2.46. The van der Waals surface area contributed by atoms with Crippen LogP contribution in [0.25, 0.3) is 0 Å².